The molecule has 0 atom stereocenters. The number of hydrogen-bond donors (Lipinski definition) is 0. The van der Waals surface area contributed by atoms with E-state index in [0.29, 0.717) is 5.39 Å². The summed E-state index contributed by atoms with van der Waals surface area (Å²) in [6, 6.07) is 67.2. The van der Waals surface area contributed by atoms with Gasteiger partial charge in [-0.25, -0.2) is 0 Å². The van der Waals surface area contributed by atoms with Gasteiger partial charge in [-0.05, 0) is 117 Å². The van der Waals surface area contributed by atoms with Gasteiger partial charge in [0.25, 0.3) is 5.56 Å². The van der Waals surface area contributed by atoms with E-state index in [4.69, 9.17) is 0 Å². The third kappa shape index (κ3) is 5.02. The van der Waals surface area contributed by atoms with Crippen molar-refractivity contribution >= 4 is 44.5 Å². The molecule has 4 nitrogen and oxygen atoms in total. The summed E-state index contributed by atoms with van der Waals surface area (Å²) in [5.74, 6) is 0. The standard InChI is InChI=1S/C57H43N3O/c1-56(2)47-21-12-10-19-44(47)54-48(56)22-14-24-52(54)58(41-30-31-43-42-18-9-11-20-46(42)57(3,4)49(43)35-41)40-28-25-36(26-29-40)37-27-32-51-45(33-37)55(61)59(39-16-6-5-7-17-39)53-34-38-15-8-13-23-50(38)60(51)53/h5-35H,1-4H3. The fraction of sp³-hybridized carbons (Fsp3) is 0.105. The molecule has 2 aliphatic carbocycles. The topological polar surface area (TPSA) is 29.7 Å². The zero-order valence-electron chi connectivity index (χ0n) is 34.6. The van der Waals surface area contributed by atoms with Gasteiger partial charge in [-0.3, -0.25) is 13.8 Å². The molecule has 10 aromatic rings. The van der Waals surface area contributed by atoms with Gasteiger partial charge in [0.2, 0.25) is 0 Å². The molecule has 0 fully saturated rings. The highest BCUT2D eigenvalue weighted by Crippen LogP contribution is 2.55. The molecule has 0 amide bonds. The minimum atomic E-state index is -0.141. The lowest BCUT2D eigenvalue weighted by Crippen LogP contribution is -2.21. The van der Waals surface area contributed by atoms with Crippen LogP contribution < -0.4 is 10.5 Å². The summed E-state index contributed by atoms with van der Waals surface area (Å²) in [5, 5.41) is 1.76. The molecule has 12 rings (SSSR count). The Morgan fingerprint density at radius 2 is 1.08 bits per heavy atom. The monoisotopic (exact) mass is 785 g/mol. The van der Waals surface area contributed by atoms with Gasteiger partial charge in [0.15, 0.2) is 0 Å². The number of para-hydroxylation sites is 2. The first-order valence-electron chi connectivity index (χ1n) is 21.2. The van der Waals surface area contributed by atoms with E-state index in [9.17, 15) is 4.79 Å². The molecule has 2 heterocycles. The third-order valence-corrected chi connectivity index (χ3v) is 13.7. The fourth-order valence-electron chi connectivity index (χ4n) is 10.7. The predicted octanol–water partition coefficient (Wildman–Crippen LogP) is 14.1. The average Bonchev–Trinajstić information content (AvgIpc) is 3.87. The quantitative estimate of drug-likeness (QED) is 0.174. The van der Waals surface area contributed by atoms with E-state index in [2.05, 4.69) is 189 Å². The van der Waals surface area contributed by atoms with Crippen LogP contribution in [0.3, 0.4) is 0 Å². The van der Waals surface area contributed by atoms with Crippen molar-refractivity contribution in [3.63, 3.8) is 0 Å². The van der Waals surface area contributed by atoms with Crippen molar-refractivity contribution in [3.8, 4) is 39.1 Å². The lowest BCUT2D eigenvalue weighted by molar-refractivity contribution is 0.660. The molecule has 0 N–H and O–H groups in total. The smallest absolute Gasteiger partial charge is 0.266 e. The number of rotatable bonds is 5. The molecule has 0 aliphatic heterocycles. The van der Waals surface area contributed by atoms with E-state index >= 15 is 0 Å². The first kappa shape index (κ1) is 35.5. The summed E-state index contributed by atoms with van der Waals surface area (Å²) < 4.78 is 4.07. The van der Waals surface area contributed by atoms with Crippen molar-refractivity contribution in [3.05, 3.63) is 221 Å². The summed E-state index contributed by atoms with van der Waals surface area (Å²) in [7, 11) is 0. The van der Waals surface area contributed by atoms with Gasteiger partial charge in [-0.2, -0.15) is 0 Å². The molecule has 0 unspecified atom stereocenters. The van der Waals surface area contributed by atoms with Crippen molar-refractivity contribution in [1.29, 1.82) is 0 Å². The summed E-state index contributed by atoms with van der Waals surface area (Å²) in [4.78, 5) is 17.1. The summed E-state index contributed by atoms with van der Waals surface area (Å²) in [6.45, 7) is 9.39. The lowest BCUT2D eigenvalue weighted by Gasteiger charge is -2.30. The number of benzene rings is 8. The molecular weight excluding hydrogens is 743 g/mol. The first-order valence-corrected chi connectivity index (χ1v) is 21.2. The van der Waals surface area contributed by atoms with Gasteiger partial charge in [-0.15, -0.1) is 0 Å². The number of hydrogen-bond acceptors (Lipinski definition) is 2. The fourth-order valence-corrected chi connectivity index (χ4v) is 10.7. The van der Waals surface area contributed by atoms with Crippen molar-refractivity contribution < 1.29 is 0 Å². The number of anilines is 3. The molecule has 292 valence electrons. The van der Waals surface area contributed by atoms with Crippen LogP contribution in [-0.2, 0) is 10.8 Å². The Kier molecular flexibility index (Phi) is 7.44. The second-order valence-corrected chi connectivity index (χ2v) is 17.8. The lowest BCUT2D eigenvalue weighted by atomic mass is 9.82. The van der Waals surface area contributed by atoms with E-state index in [-0.39, 0.29) is 16.4 Å². The highest BCUT2D eigenvalue weighted by atomic mass is 16.1. The van der Waals surface area contributed by atoms with Gasteiger partial charge in [-0.1, -0.05) is 149 Å². The minimum Gasteiger partial charge on any atom is -0.310 e. The summed E-state index contributed by atoms with van der Waals surface area (Å²) >= 11 is 0. The van der Waals surface area contributed by atoms with Gasteiger partial charge >= 0.3 is 0 Å². The maximum atomic E-state index is 14.6. The normalized spacial score (nSPS) is 14.2. The Labute approximate surface area is 355 Å². The zero-order chi connectivity index (χ0) is 41.2. The maximum absolute atomic E-state index is 14.6. The Balaban J connectivity index is 1.03. The average molecular weight is 786 g/mol. The van der Waals surface area contributed by atoms with Crippen molar-refractivity contribution in [2.24, 2.45) is 0 Å². The molecule has 0 bridgehead atoms. The largest absolute Gasteiger partial charge is 0.310 e. The highest BCUT2D eigenvalue weighted by Gasteiger charge is 2.39. The predicted molar refractivity (Wildman–Crippen MR) is 253 cm³/mol. The van der Waals surface area contributed by atoms with Crippen LogP contribution >= 0.6 is 0 Å². The van der Waals surface area contributed by atoms with Crippen LogP contribution in [0, 0.1) is 0 Å². The summed E-state index contributed by atoms with van der Waals surface area (Å²) in [5.41, 5.74) is 19.3. The van der Waals surface area contributed by atoms with Crippen molar-refractivity contribution in [1.82, 2.24) is 8.97 Å². The van der Waals surface area contributed by atoms with Crippen LogP contribution in [0.1, 0.15) is 49.9 Å². The molecule has 4 heteroatoms. The van der Waals surface area contributed by atoms with Crippen LogP contribution in [0.4, 0.5) is 17.1 Å². The molecular formula is C57H43N3O. The van der Waals surface area contributed by atoms with E-state index < -0.39 is 0 Å². The second-order valence-electron chi connectivity index (χ2n) is 17.8. The van der Waals surface area contributed by atoms with Gasteiger partial charge in [0, 0.05) is 33.2 Å². The van der Waals surface area contributed by atoms with E-state index in [0.717, 1.165) is 55.9 Å². The van der Waals surface area contributed by atoms with Gasteiger partial charge in [0.1, 0.15) is 5.65 Å². The van der Waals surface area contributed by atoms with Gasteiger partial charge in [0.05, 0.1) is 27.8 Å². The first-order chi connectivity index (χ1) is 29.7. The SMILES string of the molecule is CC1(C)c2ccccc2-c2ccc(N(c3ccc(-c4ccc5c(c4)c(=O)n(-c4ccccc4)c4cc6ccccc6n54)cc3)c3cccc4c3-c3ccccc3C4(C)C)cc21. The molecule has 2 aromatic heterocycles. The molecule has 0 saturated carbocycles. The molecule has 8 aromatic carbocycles. The Hall–Kier alpha value is -7.43. The number of aromatic nitrogens is 2. The third-order valence-electron chi connectivity index (χ3n) is 13.7. The Morgan fingerprint density at radius 1 is 0.459 bits per heavy atom. The van der Waals surface area contributed by atoms with Gasteiger partial charge < -0.3 is 4.90 Å². The number of nitrogens with zero attached hydrogens (tertiary/aromatic N) is 3. The number of fused-ring (bicyclic) bond motifs is 11. The van der Waals surface area contributed by atoms with Crippen LogP contribution in [0.25, 0.3) is 66.5 Å². The Bertz CT molecular complexity index is 3500. The van der Waals surface area contributed by atoms with Crippen LogP contribution in [0.15, 0.2) is 193 Å². The second kappa shape index (κ2) is 12.8. The Morgan fingerprint density at radius 3 is 1.89 bits per heavy atom. The van der Waals surface area contributed by atoms with Crippen LogP contribution in [0.5, 0.6) is 0 Å². The van der Waals surface area contributed by atoms with E-state index in [1.165, 1.54) is 44.5 Å². The molecule has 0 radical (unpaired) electrons. The van der Waals surface area contributed by atoms with Crippen LogP contribution in [0.2, 0.25) is 0 Å². The van der Waals surface area contributed by atoms with E-state index in [1.807, 2.05) is 41.0 Å². The van der Waals surface area contributed by atoms with Crippen LogP contribution in [-0.4, -0.2) is 8.97 Å². The maximum Gasteiger partial charge on any atom is 0.266 e. The van der Waals surface area contributed by atoms with Crippen molar-refractivity contribution in [2.75, 3.05) is 4.90 Å². The van der Waals surface area contributed by atoms with E-state index in [1.54, 1.807) is 0 Å². The molecule has 0 saturated heterocycles. The zero-order valence-corrected chi connectivity index (χ0v) is 34.6. The van der Waals surface area contributed by atoms with Crippen molar-refractivity contribution in [2.45, 2.75) is 38.5 Å². The minimum absolute atomic E-state index is 0.0380. The highest BCUT2D eigenvalue weighted by molar-refractivity contribution is 5.97. The summed E-state index contributed by atoms with van der Waals surface area (Å²) in [6.07, 6.45) is 0. The molecule has 2 aliphatic rings. The molecule has 0 spiro atoms. The molecule has 61 heavy (non-hydrogen) atoms.